The Morgan fingerprint density at radius 2 is 1.32 bits per heavy atom. The van der Waals surface area contributed by atoms with Crippen molar-refractivity contribution < 1.29 is 197 Å². The summed E-state index contributed by atoms with van der Waals surface area (Å²) in [5.74, 6) is -0.580. The topological polar surface area (TPSA) is 445 Å². The van der Waals surface area contributed by atoms with E-state index in [1.807, 2.05) is 20.8 Å². The third kappa shape index (κ3) is 13.2. The average molecular weight is 1310 g/mol. The quantitative estimate of drug-likeness (QED) is 0.0189. The third-order valence-corrected chi connectivity index (χ3v) is 21.9. The molecule has 1 spiro atoms. The largest absolute Gasteiger partial charge is 1.00 e. The van der Waals surface area contributed by atoms with Gasteiger partial charge in [0.1, 0.15) is 102 Å². The first-order valence-electron chi connectivity index (χ1n) is 29.1. The number of aliphatic hydroxyl groups excluding tert-OH is 9. The van der Waals surface area contributed by atoms with Gasteiger partial charge in [-0.2, -0.15) is 0 Å². The van der Waals surface area contributed by atoms with Gasteiger partial charge < -0.3 is 108 Å². The number of rotatable bonds is 19. The van der Waals surface area contributed by atoms with Crippen LogP contribution in [-0.4, -0.2) is 250 Å². The van der Waals surface area contributed by atoms with Gasteiger partial charge in [-0.3, -0.25) is 13.2 Å². The number of aliphatic hydroxyl groups is 10. The molecular formula is C54H86Na2O29S2. The molecule has 5 heterocycles. The molecule has 490 valence electrons. The number of ether oxygens (including phenoxy) is 10. The monoisotopic (exact) mass is 1310 g/mol. The van der Waals surface area contributed by atoms with Crippen molar-refractivity contribution in [1.29, 1.82) is 0 Å². The van der Waals surface area contributed by atoms with Gasteiger partial charge in [-0.05, 0) is 93.8 Å². The Morgan fingerprint density at radius 1 is 0.724 bits per heavy atom. The Bertz CT molecular complexity index is 2660. The van der Waals surface area contributed by atoms with Crippen molar-refractivity contribution >= 4 is 26.8 Å². The fraction of sp³-hybridized carbons (Fsp3) is 0.944. The maximum absolute atomic E-state index is 14.5. The molecule has 0 unspecified atom stereocenters. The predicted octanol–water partition coefficient (Wildman–Crippen LogP) is -8.25. The molecule has 0 aromatic rings. The molecule has 9 aliphatic rings. The molecule has 28 atom stereocenters. The van der Waals surface area contributed by atoms with E-state index in [4.69, 9.17) is 47.4 Å². The molecule has 3 saturated carbocycles. The summed E-state index contributed by atoms with van der Waals surface area (Å²) in [6, 6.07) is 0. The first kappa shape index (κ1) is 74.6. The zero-order chi connectivity index (χ0) is 62.7. The van der Waals surface area contributed by atoms with Crippen molar-refractivity contribution in [2.24, 2.45) is 39.4 Å². The van der Waals surface area contributed by atoms with E-state index in [0.717, 1.165) is 25.5 Å². The predicted molar refractivity (Wildman–Crippen MR) is 280 cm³/mol. The number of fused-ring (bicyclic) bond motifs is 4. The fourth-order valence-electron chi connectivity index (χ4n) is 16.5. The van der Waals surface area contributed by atoms with E-state index in [2.05, 4.69) is 35.2 Å². The maximum atomic E-state index is 14.5. The molecule has 33 heteroatoms. The van der Waals surface area contributed by atoms with E-state index in [9.17, 15) is 81.8 Å². The molecule has 87 heavy (non-hydrogen) atoms. The number of cyclic esters (lactones) is 1. The number of hydrogen-bond donors (Lipinski definition) is 10. The van der Waals surface area contributed by atoms with Gasteiger partial charge in [-0.15, -0.1) is 0 Å². The van der Waals surface area contributed by atoms with Crippen LogP contribution in [-0.2, 0) is 81.3 Å². The molecule has 0 aromatic carbocycles. The summed E-state index contributed by atoms with van der Waals surface area (Å²) in [4.78, 5) is 14.5. The van der Waals surface area contributed by atoms with E-state index >= 15 is 0 Å². The van der Waals surface area contributed by atoms with Crippen LogP contribution in [0.2, 0.25) is 0 Å². The van der Waals surface area contributed by atoms with Crippen LogP contribution in [0.3, 0.4) is 0 Å². The van der Waals surface area contributed by atoms with Crippen LogP contribution >= 0.6 is 0 Å². The minimum Gasteiger partial charge on any atom is -0.726 e. The Morgan fingerprint density at radius 3 is 1.93 bits per heavy atom. The van der Waals surface area contributed by atoms with E-state index in [1.165, 1.54) is 6.92 Å². The van der Waals surface area contributed by atoms with Gasteiger partial charge in [-0.1, -0.05) is 59.6 Å². The van der Waals surface area contributed by atoms with Crippen molar-refractivity contribution in [3.63, 3.8) is 0 Å². The average Bonchev–Trinajstić information content (AvgIpc) is 1.52. The van der Waals surface area contributed by atoms with Crippen LogP contribution in [0.5, 0.6) is 0 Å². The first-order valence-corrected chi connectivity index (χ1v) is 31.8. The van der Waals surface area contributed by atoms with Crippen molar-refractivity contribution in [1.82, 2.24) is 0 Å². The van der Waals surface area contributed by atoms with Gasteiger partial charge >= 0.3 is 65.1 Å². The molecule has 5 saturated heterocycles. The molecule has 5 aliphatic heterocycles. The van der Waals surface area contributed by atoms with Crippen molar-refractivity contribution in [3.05, 3.63) is 11.6 Å². The van der Waals surface area contributed by atoms with Gasteiger partial charge in [0.2, 0.25) is 20.8 Å². The number of carbonyl (C=O) groups excluding carboxylic acids is 1. The third-order valence-electron chi connectivity index (χ3n) is 21.0. The van der Waals surface area contributed by atoms with Crippen LogP contribution < -0.4 is 59.1 Å². The Labute approximate surface area is 550 Å². The number of carbonyl (C=O) groups is 1. The summed E-state index contributed by atoms with van der Waals surface area (Å²) in [6.07, 6.45) is -30.7. The van der Waals surface area contributed by atoms with Crippen LogP contribution in [0.15, 0.2) is 11.6 Å². The van der Waals surface area contributed by atoms with E-state index in [1.54, 1.807) is 6.92 Å². The molecule has 0 aromatic heterocycles. The second kappa shape index (κ2) is 27.4. The summed E-state index contributed by atoms with van der Waals surface area (Å²) in [7, 11) is -9.81. The van der Waals surface area contributed by atoms with E-state index in [0.29, 0.717) is 38.0 Å². The molecule has 29 nitrogen and oxygen atoms in total. The van der Waals surface area contributed by atoms with Crippen LogP contribution in [0.25, 0.3) is 0 Å². The van der Waals surface area contributed by atoms with Crippen LogP contribution in [0.1, 0.15) is 113 Å². The summed E-state index contributed by atoms with van der Waals surface area (Å²) < 4.78 is 138. The van der Waals surface area contributed by atoms with Crippen molar-refractivity contribution in [2.45, 2.75) is 253 Å². The second-order valence-corrected chi connectivity index (χ2v) is 28.6. The smallest absolute Gasteiger partial charge is 0.726 e. The Hall–Kier alpha value is 0.190. The number of esters is 1. The molecule has 8 fully saturated rings. The molecule has 10 N–H and O–H groups in total. The zero-order valence-electron chi connectivity index (χ0n) is 51.0. The Balaban J connectivity index is 0.00000541. The zero-order valence-corrected chi connectivity index (χ0v) is 56.6. The number of methoxy groups -OCH3 is 1. The van der Waals surface area contributed by atoms with Crippen molar-refractivity contribution in [2.75, 3.05) is 26.9 Å². The van der Waals surface area contributed by atoms with E-state index in [-0.39, 0.29) is 83.8 Å². The van der Waals surface area contributed by atoms with Crippen LogP contribution in [0, 0.1) is 39.4 Å². The van der Waals surface area contributed by atoms with Gasteiger partial charge in [0.25, 0.3) is 0 Å². The Kier molecular flexibility index (Phi) is 23.5. The maximum Gasteiger partial charge on any atom is 1.00 e. The van der Waals surface area contributed by atoms with Gasteiger partial charge in [0, 0.05) is 12.5 Å². The van der Waals surface area contributed by atoms with E-state index < -0.39 is 208 Å². The normalized spacial score (nSPS) is 48.8. The molecule has 0 bridgehead atoms. The standard InChI is InChI=1S/C54H88O29S2.2Na/c1-23(2)11-10-15-52(8)53(65)18-17-51(7)25-12-13-30-49(4,5)32(14-16-50(30,6)26(25)19-31(56)54(51,53)48(64)82-52)78-47-43(35(59)29(21-73-47)83-85(69,70)71)81-44-37(61)36(60)40(24(3)75-44)79-46-39(63)42(34(58)28(77-46)22-74-84(66,67)68)80-45-38(62)41(72-9)33(57)27(20-55)76-45;;/h12,23-24,26-47,55-63,65H,10-11,13-22H2,1-9H3,(H,66,67,68)(H,69,70,71);;/q;2*+1/p-2/t24-,26-,27-,28-,29-,30+,31+,32+,33-,34-,35+,36-,37-,38-,39-,40-,41+,42+,43-,44+,45+,46+,47+,50-,51+,52+,53+,54-;;/m1../s1. The van der Waals surface area contributed by atoms with Gasteiger partial charge in [0.05, 0.1) is 38.1 Å². The fourth-order valence-corrected chi connectivity index (χ4v) is 17.3. The molecule has 0 radical (unpaired) electrons. The first-order chi connectivity index (χ1) is 39.4. The molecular weight excluding hydrogens is 1220 g/mol. The van der Waals surface area contributed by atoms with Crippen molar-refractivity contribution in [3.8, 4) is 0 Å². The summed E-state index contributed by atoms with van der Waals surface area (Å²) in [5, 5.41) is 115. The number of allylic oxidation sites excluding steroid dienone is 2. The van der Waals surface area contributed by atoms with Gasteiger partial charge in [0.15, 0.2) is 25.2 Å². The second-order valence-electron chi connectivity index (χ2n) is 26.5. The summed E-state index contributed by atoms with van der Waals surface area (Å²) in [5.41, 5.74) is -5.64. The minimum atomic E-state index is -5.48. The van der Waals surface area contributed by atoms with Gasteiger partial charge in [-0.25, -0.2) is 16.8 Å². The summed E-state index contributed by atoms with van der Waals surface area (Å²) in [6.45, 7) is 12.7. The minimum absolute atomic E-state index is 0. The molecule has 9 rings (SSSR count). The SMILES string of the molecule is CO[C@@H]1[C@@H](O)[C@H](O[C@@H]2[C@@H](O)[C@H](O[C@H]3[C@H](O)[C@@H](O)[C@H](O[C@H]4[C@H](O[C@H]5CC[C@]6(C)[C@@H]7C[C@H](O)[C@]89C(=O)O[C@@](C)(CCCC(C)C)[C@@]8(O)CC[C@@]9(C)C7=CC[C@H]6C5(C)C)OC[C@@H](OS(=O)(=O)[O-])[C@@H]4O)O[C@@H]3C)O[C@H](COS(=O)(=O)[O-])[C@H]2O)O[C@H](CO)[C@H]1O.[Na+].[Na+]. The van der Waals surface area contributed by atoms with Crippen LogP contribution in [0.4, 0.5) is 0 Å². The summed E-state index contributed by atoms with van der Waals surface area (Å²) >= 11 is 0. The molecule has 0 amide bonds. The number of hydrogen-bond acceptors (Lipinski definition) is 29. The molecule has 4 aliphatic carbocycles.